The Morgan fingerprint density at radius 3 is 2.56 bits per heavy atom. The minimum Gasteiger partial charge on any atom is -0.488 e. The second-order valence-corrected chi connectivity index (χ2v) is 5.37. The van der Waals surface area contributed by atoms with Crippen LogP contribution in [0.25, 0.3) is 0 Å². The minimum atomic E-state index is -0.434. The van der Waals surface area contributed by atoms with Crippen molar-refractivity contribution in [2.75, 3.05) is 0 Å². The Labute approximate surface area is 116 Å². The fourth-order valence-corrected chi connectivity index (χ4v) is 1.96. The third kappa shape index (κ3) is 3.59. The average molecular weight is 306 g/mol. The third-order valence-electron chi connectivity index (χ3n) is 2.66. The van der Waals surface area contributed by atoms with E-state index in [4.69, 9.17) is 10.5 Å². The minimum absolute atomic E-state index is 0.434. The van der Waals surface area contributed by atoms with Gasteiger partial charge in [-0.2, -0.15) is 0 Å². The first-order chi connectivity index (χ1) is 8.57. The summed E-state index contributed by atoms with van der Waals surface area (Å²) in [6.45, 7) is 2.49. The monoisotopic (exact) mass is 305 g/mol. The van der Waals surface area contributed by atoms with Gasteiger partial charge in [-0.25, -0.2) is 0 Å². The highest BCUT2D eigenvalue weighted by Crippen LogP contribution is 2.23. The second-order valence-electron chi connectivity index (χ2n) is 4.52. The molecular weight excluding hydrogens is 290 g/mol. The first-order valence-electron chi connectivity index (χ1n) is 5.81. The van der Waals surface area contributed by atoms with E-state index in [1.807, 2.05) is 61.6 Å². The zero-order chi connectivity index (χ0) is 13.0. The van der Waals surface area contributed by atoms with E-state index in [0.29, 0.717) is 6.61 Å². The van der Waals surface area contributed by atoms with Crippen molar-refractivity contribution < 1.29 is 4.74 Å². The molecule has 1 aliphatic rings. The Morgan fingerprint density at radius 1 is 1.17 bits per heavy atom. The van der Waals surface area contributed by atoms with Gasteiger partial charge in [0.15, 0.2) is 0 Å². The molecular formula is C15H16BrNO. The zero-order valence-corrected chi connectivity index (χ0v) is 11.9. The lowest BCUT2D eigenvalue weighted by molar-refractivity contribution is 0.210. The highest BCUT2D eigenvalue weighted by atomic mass is 79.9. The largest absolute Gasteiger partial charge is 0.488 e. The third-order valence-corrected chi connectivity index (χ3v) is 3.31. The van der Waals surface area contributed by atoms with Crippen LogP contribution in [0.1, 0.15) is 12.5 Å². The Hall–Kier alpha value is -1.32. The number of rotatable bonds is 3. The molecule has 0 saturated carbocycles. The van der Waals surface area contributed by atoms with Gasteiger partial charge in [-0.05, 0) is 40.6 Å². The normalized spacial score (nSPS) is 23.1. The maximum Gasteiger partial charge on any atom is 0.133 e. The van der Waals surface area contributed by atoms with E-state index >= 15 is 0 Å². The molecule has 3 heteroatoms. The van der Waals surface area contributed by atoms with Gasteiger partial charge in [-0.15, -0.1) is 0 Å². The maximum absolute atomic E-state index is 6.03. The fourth-order valence-electron chi connectivity index (χ4n) is 1.58. The smallest absolute Gasteiger partial charge is 0.133 e. The molecule has 0 radical (unpaired) electrons. The van der Waals surface area contributed by atoms with Gasteiger partial charge in [0.25, 0.3) is 0 Å². The number of nitrogens with two attached hydrogens (primary N) is 1. The number of hydrogen-bond acceptors (Lipinski definition) is 2. The van der Waals surface area contributed by atoms with Crippen molar-refractivity contribution in [1.82, 2.24) is 0 Å². The van der Waals surface area contributed by atoms with Crippen molar-refractivity contribution in [3.8, 4) is 0 Å². The van der Waals surface area contributed by atoms with Gasteiger partial charge in [0.2, 0.25) is 0 Å². The molecule has 18 heavy (non-hydrogen) atoms. The Bertz CT molecular complexity index is 500. The molecule has 0 aromatic heterocycles. The molecule has 0 aliphatic heterocycles. The van der Waals surface area contributed by atoms with Gasteiger partial charge in [0.1, 0.15) is 12.4 Å². The number of ether oxygens (including phenoxy) is 1. The number of benzene rings is 1. The van der Waals surface area contributed by atoms with Crippen molar-refractivity contribution in [3.05, 3.63) is 70.4 Å². The molecule has 94 valence electrons. The molecule has 2 N–H and O–H groups in total. The van der Waals surface area contributed by atoms with Crippen molar-refractivity contribution >= 4 is 15.9 Å². The van der Waals surface area contributed by atoms with Crippen molar-refractivity contribution in [3.63, 3.8) is 0 Å². The van der Waals surface area contributed by atoms with E-state index in [9.17, 15) is 0 Å². The van der Waals surface area contributed by atoms with E-state index in [1.54, 1.807) is 0 Å². The van der Waals surface area contributed by atoms with Gasteiger partial charge in [0, 0.05) is 0 Å². The average Bonchev–Trinajstić information content (AvgIpc) is 2.49. The van der Waals surface area contributed by atoms with Crippen LogP contribution in [0, 0.1) is 0 Å². The van der Waals surface area contributed by atoms with E-state index in [1.165, 1.54) is 0 Å². The second kappa shape index (κ2) is 5.55. The lowest BCUT2D eigenvalue weighted by Gasteiger charge is -2.12. The molecule has 0 amide bonds. The lowest BCUT2D eigenvalue weighted by Crippen LogP contribution is -2.30. The summed E-state index contributed by atoms with van der Waals surface area (Å²) in [6, 6.07) is 10.1. The van der Waals surface area contributed by atoms with Crippen LogP contribution in [0.5, 0.6) is 0 Å². The van der Waals surface area contributed by atoms with Crippen LogP contribution in [0.4, 0.5) is 0 Å². The van der Waals surface area contributed by atoms with Crippen molar-refractivity contribution in [1.29, 1.82) is 0 Å². The molecule has 2 rings (SSSR count). The fraction of sp³-hybridized carbons (Fsp3) is 0.200. The molecule has 0 heterocycles. The topological polar surface area (TPSA) is 35.2 Å². The Balaban J connectivity index is 2.08. The summed E-state index contributed by atoms with van der Waals surface area (Å²) in [5.41, 5.74) is 6.74. The van der Waals surface area contributed by atoms with Gasteiger partial charge in [0.05, 0.1) is 10.0 Å². The number of allylic oxidation sites excluding steroid dienone is 3. The molecule has 0 spiro atoms. The predicted molar refractivity (Wildman–Crippen MR) is 78.1 cm³/mol. The van der Waals surface area contributed by atoms with Crippen molar-refractivity contribution in [2.24, 2.45) is 5.73 Å². The molecule has 0 bridgehead atoms. The van der Waals surface area contributed by atoms with Gasteiger partial charge >= 0.3 is 0 Å². The van der Waals surface area contributed by atoms with Gasteiger partial charge in [-0.3, -0.25) is 0 Å². The highest BCUT2D eigenvalue weighted by Gasteiger charge is 2.14. The van der Waals surface area contributed by atoms with Crippen LogP contribution in [0.15, 0.2) is 64.9 Å². The van der Waals surface area contributed by atoms with Crippen LogP contribution in [0.3, 0.4) is 0 Å². The summed E-state index contributed by atoms with van der Waals surface area (Å²) in [4.78, 5) is 0. The maximum atomic E-state index is 6.03. The van der Waals surface area contributed by atoms with Crippen molar-refractivity contribution in [2.45, 2.75) is 19.1 Å². The summed E-state index contributed by atoms with van der Waals surface area (Å²) >= 11 is 3.49. The summed E-state index contributed by atoms with van der Waals surface area (Å²) < 4.78 is 6.70. The zero-order valence-electron chi connectivity index (χ0n) is 10.3. The molecule has 2 nitrogen and oxygen atoms in total. The van der Waals surface area contributed by atoms with Crippen LogP contribution in [0.2, 0.25) is 0 Å². The molecule has 1 aromatic carbocycles. The number of hydrogen-bond donors (Lipinski definition) is 1. The van der Waals surface area contributed by atoms with E-state index in [-0.39, 0.29) is 0 Å². The molecule has 1 unspecified atom stereocenters. The first kappa shape index (κ1) is 13.1. The summed E-state index contributed by atoms with van der Waals surface area (Å²) in [5, 5.41) is 0. The van der Waals surface area contributed by atoms with E-state index in [0.717, 1.165) is 15.8 Å². The Morgan fingerprint density at radius 2 is 1.83 bits per heavy atom. The molecule has 0 saturated heterocycles. The van der Waals surface area contributed by atoms with E-state index in [2.05, 4.69) is 15.9 Å². The van der Waals surface area contributed by atoms with E-state index < -0.39 is 5.54 Å². The summed E-state index contributed by atoms with van der Waals surface area (Å²) in [6.07, 6.45) is 7.71. The van der Waals surface area contributed by atoms with Crippen LogP contribution >= 0.6 is 15.9 Å². The van der Waals surface area contributed by atoms with Crippen LogP contribution in [-0.2, 0) is 11.3 Å². The molecule has 1 atom stereocenters. The highest BCUT2D eigenvalue weighted by molar-refractivity contribution is 9.11. The molecule has 1 aliphatic carbocycles. The SMILES string of the molecule is CC1(N)C=CC(Br)=C(OCc2ccccc2)C=C1. The summed E-state index contributed by atoms with van der Waals surface area (Å²) in [7, 11) is 0. The lowest BCUT2D eigenvalue weighted by atomic mass is 10.0. The molecule has 0 fully saturated rings. The van der Waals surface area contributed by atoms with Crippen LogP contribution < -0.4 is 5.73 Å². The standard InChI is InChI=1S/C15H16BrNO/c1-15(17)9-7-13(16)14(8-10-15)18-11-12-5-3-2-4-6-12/h2-10H,11,17H2,1H3. The number of halogens is 1. The molecule has 1 aromatic rings. The van der Waals surface area contributed by atoms with Gasteiger partial charge in [-0.1, -0.05) is 42.5 Å². The summed E-state index contributed by atoms with van der Waals surface area (Å²) in [5.74, 6) is 0.796. The van der Waals surface area contributed by atoms with Crippen LogP contribution in [-0.4, -0.2) is 5.54 Å². The van der Waals surface area contributed by atoms with Gasteiger partial charge < -0.3 is 10.5 Å². The predicted octanol–water partition coefficient (Wildman–Crippen LogP) is 3.65. The quantitative estimate of drug-likeness (QED) is 0.925. The first-order valence-corrected chi connectivity index (χ1v) is 6.60. The Kier molecular flexibility index (Phi) is 4.04.